The zero-order valence-corrected chi connectivity index (χ0v) is 12.5. The van der Waals surface area contributed by atoms with Crippen molar-refractivity contribution in [3.8, 4) is 5.75 Å². The third-order valence-electron chi connectivity index (χ3n) is 3.14. The van der Waals surface area contributed by atoms with E-state index < -0.39 is 6.04 Å². The fraction of sp³-hybridized carbons (Fsp3) is 0.562. The Hall–Kier alpha value is -1.55. The van der Waals surface area contributed by atoms with Gasteiger partial charge in [-0.3, -0.25) is 4.79 Å². The number of unbranched alkanes of at least 4 members (excludes halogenated alkanes) is 1. The molecule has 4 heteroatoms. The van der Waals surface area contributed by atoms with Crippen LogP contribution in [0.25, 0.3) is 0 Å². The fourth-order valence-corrected chi connectivity index (χ4v) is 1.87. The lowest BCUT2D eigenvalue weighted by molar-refractivity contribution is -0.120. The largest absolute Gasteiger partial charge is 0.491 e. The molecule has 0 aliphatic rings. The monoisotopic (exact) mass is 278 g/mol. The number of primary amides is 1. The molecule has 1 atom stereocenters. The lowest BCUT2D eigenvalue weighted by Gasteiger charge is -2.16. The Balaban J connectivity index is 2.44. The van der Waals surface area contributed by atoms with Gasteiger partial charge in [0.05, 0.1) is 0 Å². The Bertz CT molecular complexity index is 390. The Morgan fingerprint density at radius 3 is 2.50 bits per heavy atom. The topological polar surface area (TPSA) is 64.3 Å². The zero-order chi connectivity index (χ0) is 14.8. The summed E-state index contributed by atoms with van der Waals surface area (Å²) >= 11 is 0. The van der Waals surface area contributed by atoms with E-state index in [1.807, 2.05) is 19.1 Å². The summed E-state index contributed by atoms with van der Waals surface area (Å²) in [6, 6.07) is 7.61. The second-order valence-electron chi connectivity index (χ2n) is 4.97. The van der Waals surface area contributed by atoms with E-state index in [-0.39, 0.29) is 12.5 Å². The molecule has 20 heavy (non-hydrogen) atoms. The number of carbonyl (C=O) groups excluding carboxylic acids is 1. The highest BCUT2D eigenvalue weighted by Crippen LogP contribution is 2.14. The predicted octanol–water partition coefficient (Wildman–Crippen LogP) is 2.26. The number of rotatable bonds is 10. The summed E-state index contributed by atoms with van der Waals surface area (Å²) in [6.45, 7) is 5.25. The highest BCUT2D eigenvalue weighted by molar-refractivity contribution is 5.80. The van der Waals surface area contributed by atoms with Gasteiger partial charge in [-0.25, -0.2) is 0 Å². The summed E-state index contributed by atoms with van der Waals surface area (Å²) in [5.41, 5.74) is 6.65. The summed E-state index contributed by atoms with van der Waals surface area (Å²) in [6.07, 6.45) is 4.45. The van der Waals surface area contributed by atoms with Crippen LogP contribution < -0.4 is 15.8 Å². The summed E-state index contributed by atoms with van der Waals surface area (Å²) in [4.78, 5) is 11.3. The van der Waals surface area contributed by atoms with Crippen molar-refractivity contribution in [3.05, 3.63) is 29.8 Å². The first-order valence-corrected chi connectivity index (χ1v) is 7.41. The third kappa shape index (κ3) is 6.06. The summed E-state index contributed by atoms with van der Waals surface area (Å²) < 4.78 is 5.62. The number of hydrogen-bond donors (Lipinski definition) is 2. The maximum Gasteiger partial charge on any atom is 0.238 e. The Morgan fingerprint density at radius 1 is 1.25 bits per heavy atom. The van der Waals surface area contributed by atoms with E-state index in [4.69, 9.17) is 10.5 Å². The lowest BCUT2D eigenvalue weighted by atomic mass is 10.1. The normalized spacial score (nSPS) is 12.1. The van der Waals surface area contributed by atoms with Gasteiger partial charge < -0.3 is 15.8 Å². The van der Waals surface area contributed by atoms with Crippen molar-refractivity contribution in [3.63, 3.8) is 0 Å². The minimum absolute atomic E-state index is 0.268. The van der Waals surface area contributed by atoms with Gasteiger partial charge in [0.25, 0.3) is 0 Å². The molecule has 0 aromatic heterocycles. The van der Waals surface area contributed by atoms with Gasteiger partial charge >= 0.3 is 0 Å². The van der Waals surface area contributed by atoms with Gasteiger partial charge in [-0.1, -0.05) is 32.4 Å². The van der Waals surface area contributed by atoms with Crippen LogP contribution in [0, 0.1) is 0 Å². The average molecular weight is 278 g/mol. The molecular weight excluding hydrogens is 252 g/mol. The number of benzene rings is 1. The molecule has 1 rings (SSSR count). The lowest BCUT2D eigenvalue weighted by Crippen LogP contribution is -2.45. The second-order valence-corrected chi connectivity index (χ2v) is 4.97. The molecule has 1 aromatic carbocycles. The van der Waals surface area contributed by atoms with Gasteiger partial charge in [0.2, 0.25) is 5.91 Å². The van der Waals surface area contributed by atoms with Crippen molar-refractivity contribution in [2.75, 3.05) is 13.2 Å². The molecule has 1 unspecified atom stereocenters. The van der Waals surface area contributed by atoms with Gasteiger partial charge in [-0.2, -0.15) is 0 Å². The van der Waals surface area contributed by atoms with Crippen molar-refractivity contribution >= 4 is 5.91 Å². The summed E-state index contributed by atoms with van der Waals surface area (Å²) in [5, 5.41) is 3.08. The number of aryl methyl sites for hydroxylation is 1. The predicted molar refractivity (Wildman–Crippen MR) is 81.8 cm³/mol. The van der Waals surface area contributed by atoms with E-state index in [0.717, 1.165) is 25.1 Å². The quantitative estimate of drug-likeness (QED) is 0.690. The molecule has 0 aliphatic heterocycles. The van der Waals surface area contributed by atoms with E-state index in [9.17, 15) is 4.79 Å². The summed E-state index contributed by atoms with van der Waals surface area (Å²) in [7, 11) is 0. The first-order chi connectivity index (χ1) is 9.67. The van der Waals surface area contributed by atoms with Crippen molar-refractivity contribution in [2.24, 2.45) is 5.73 Å². The van der Waals surface area contributed by atoms with Crippen LogP contribution in [0.15, 0.2) is 24.3 Å². The molecule has 4 nitrogen and oxygen atoms in total. The molecule has 0 fully saturated rings. The number of nitrogens with two attached hydrogens (primary N) is 1. The van der Waals surface area contributed by atoms with Gasteiger partial charge in [0.1, 0.15) is 18.4 Å². The highest BCUT2D eigenvalue weighted by atomic mass is 16.5. The maximum absolute atomic E-state index is 11.3. The zero-order valence-electron chi connectivity index (χ0n) is 12.5. The van der Waals surface area contributed by atoms with Crippen molar-refractivity contribution in [2.45, 2.75) is 45.6 Å². The van der Waals surface area contributed by atoms with E-state index in [1.165, 1.54) is 18.4 Å². The smallest absolute Gasteiger partial charge is 0.238 e. The molecule has 3 N–H and O–H groups in total. The minimum Gasteiger partial charge on any atom is -0.491 e. The van der Waals surface area contributed by atoms with Crippen LogP contribution in [0.1, 0.15) is 38.7 Å². The Morgan fingerprint density at radius 2 is 1.95 bits per heavy atom. The van der Waals surface area contributed by atoms with E-state index in [2.05, 4.69) is 24.4 Å². The molecule has 112 valence electrons. The number of carbonyl (C=O) groups is 1. The van der Waals surface area contributed by atoms with Crippen molar-refractivity contribution in [1.82, 2.24) is 5.32 Å². The van der Waals surface area contributed by atoms with Crippen LogP contribution in [-0.2, 0) is 11.2 Å². The van der Waals surface area contributed by atoms with Gasteiger partial charge in [-0.15, -0.1) is 0 Å². The van der Waals surface area contributed by atoms with Crippen molar-refractivity contribution < 1.29 is 9.53 Å². The Labute approximate surface area is 121 Å². The SMILES string of the molecule is CCCCc1ccc(OCC(NCCC)C(N)=O)cc1. The Kier molecular flexibility index (Phi) is 7.73. The maximum atomic E-state index is 11.3. The molecule has 1 amide bonds. The van der Waals surface area contributed by atoms with Crippen LogP contribution in [0.5, 0.6) is 5.75 Å². The van der Waals surface area contributed by atoms with E-state index in [0.29, 0.717) is 0 Å². The van der Waals surface area contributed by atoms with Crippen molar-refractivity contribution in [1.29, 1.82) is 0 Å². The standard InChI is InChI=1S/C16H26N2O2/c1-3-5-6-13-7-9-14(10-8-13)20-12-15(16(17)19)18-11-4-2/h7-10,15,18H,3-6,11-12H2,1-2H3,(H2,17,19). The average Bonchev–Trinajstić information content (AvgIpc) is 2.46. The molecule has 0 saturated heterocycles. The number of amides is 1. The minimum atomic E-state index is -0.435. The van der Waals surface area contributed by atoms with Gasteiger partial charge in [0.15, 0.2) is 0 Å². The number of hydrogen-bond acceptors (Lipinski definition) is 3. The molecule has 0 radical (unpaired) electrons. The van der Waals surface area contributed by atoms with Crippen LogP contribution in [-0.4, -0.2) is 25.1 Å². The van der Waals surface area contributed by atoms with Crippen LogP contribution >= 0.6 is 0 Å². The van der Waals surface area contributed by atoms with E-state index in [1.54, 1.807) is 0 Å². The first-order valence-electron chi connectivity index (χ1n) is 7.41. The van der Waals surface area contributed by atoms with Crippen LogP contribution in [0.2, 0.25) is 0 Å². The molecule has 0 saturated carbocycles. The molecule has 0 heterocycles. The molecule has 0 aliphatic carbocycles. The molecule has 1 aromatic rings. The molecular formula is C16H26N2O2. The highest BCUT2D eigenvalue weighted by Gasteiger charge is 2.14. The van der Waals surface area contributed by atoms with E-state index >= 15 is 0 Å². The second kappa shape index (κ2) is 9.37. The first kappa shape index (κ1) is 16.5. The van der Waals surface area contributed by atoms with Crippen LogP contribution in [0.3, 0.4) is 0 Å². The molecule has 0 bridgehead atoms. The van der Waals surface area contributed by atoms with Crippen LogP contribution in [0.4, 0.5) is 0 Å². The number of nitrogens with one attached hydrogen (secondary N) is 1. The molecule has 0 spiro atoms. The van der Waals surface area contributed by atoms with Gasteiger partial charge in [-0.05, 0) is 43.5 Å². The fourth-order valence-electron chi connectivity index (χ4n) is 1.87. The van der Waals surface area contributed by atoms with Gasteiger partial charge in [0, 0.05) is 0 Å². The third-order valence-corrected chi connectivity index (χ3v) is 3.14. The summed E-state index contributed by atoms with van der Waals surface area (Å²) in [5.74, 6) is 0.396. The number of ether oxygens (including phenoxy) is 1.